The lowest BCUT2D eigenvalue weighted by atomic mass is 9.95. The van der Waals surface area contributed by atoms with Gasteiger partial charge in [0.2, 0.25) is 5.91 Å². The normalized spacial score (nSPS) is 26.6. The maximum Gasteiger partial charge on any atom is 0.226 e. The summed E-state index contributed by atoms with van der Waals surface area (Å²) in [6, 6.07) is 0. The van der Waals surface area contributed by atoms with Crippen LogP contribution in [0.2, 0.25) is 0 Å². The molecule has 1 amide bonds. The van der Waals surface area contributed by atoms with Crippen molar-refractivity contribution < 1.29 is 9.90 Å². The van der Waals surface area contributed by atoms with Gasteiger partial charge in [0, 0.05) is 26.7 Å². The van der Waals surface area contributed by atoms with Crippen LogP contribution in [0, 0.1) is 11.8 Å². The molecule has 2 aliphatic heterocycles. The monoisotopic (exact) mass is 283 g/mol. The lowest BCUT2D eigenvalue weighted by Crippen LogP contribution is -2.43. The molecule has 2 N–H and O–H groups in total. The summed E-state index contributed by atoms with van der Waals surface area (Å²) in [7, 11) is 1.95. The van der Waals surface area contributed by atoms with E-state index < -0.39 is 0 Å². The Morgan fingerprint density at radius 1 is 1.40 bits per heavy atom. The zero-order valence-corrected chi connectivity index (χ0v) is 12.8. The first-order valence-electron chi connectivity index (χ1n) is 7.92. The van der Waals surface area contributed by atoms with E-state index in [4.69, 9.17) is 0 Å². The molecule has 2 fully saturated rings. The predicted molar refractivity (Wildman–Crippen MR) is 79.5 cm³/mol. The number of nitrogens with zero attached hydrogens (tertiary/aromatic N) is 2. The van der Waals surface area contributed by atoms with Crippen LogP contribution in [-0.2, 0) is 4.79 Å². The van der Waals surface area contributed by atoms with Gasteiger partial charge in [0.25, 0.3) is 0 Å². The van der Waals surface area contributed by atoms with Crippen LogP contribution in [0.3, 0.4) is 0 Å². The molecule has 2 rings (SSSR count). The van der Waals surface area contributed by atoms with Crippen molar-refractivity contribution in [2.45, 2.75) is 32.3 Å². The molecule has 0 aromatic carbocycles. The van der Waals surface area contributed by atoms with E-state index in [1.165, 1.54) is 0 Å². The number of amides is 1. The molecule has 2 aliphatic rings. The summed E-state index contributed by atoms with van der Waals surface area (Å²) >= 11 is 0. The van der Waals surface area contributed by atoms with Crippen LogP contribution in [0.1, 0.15) is 26.2 Å². The minimum Gasteiger partial charge on any atom is -0.392 e. The van der Waals surface area contributed by atoms with E-state index in [0.717, 1.165) is 58.5 Å². The second-order valence-electron chi connectivity index (χ2n) is 6.50. The second kappa shape index (κ2) is 7.38. The smallest absolute Gasteiger partial charge is 0.226 e. The Morgan fingerprint density at radius 2 is 2.10 bits per heavy atom. The van der Waals surface area contributed by atoms with E-state index in [9.17, 15) is 9.90 Å². The Hall–Kier alpha value is -0.650. The van der Waals surface area contributed by atoms with Gasteiger partial charge in [-0.05, 0) is 51.7 Å². The van der Waals surface area contributed by atoms with E-state index in [0.29, 0.717) is 11.8 Å². The van der Waals surface area contributed by atoms with Crippen LogP contribution in [0.5, 0.6) is 0 Å². The number of β-amino-alcohol motifs (C(OH)–C–C–N with tert-alkyl or cyclic N) is 1. The average molecular weight is 283 g/mol. The molecule has 0 spiro atoms. The van der Waals surface area contributed by atoms with Gasteiger partial charge in [0.1, 0.15) is 0 Å². The third kappa shape index (κ3) is 4.43. The van der Waals surface area contributed by atoms with E-state index in [1.807, 2.05) is 18.9 Å². The summed E-state index contributed by atoms with van der Waals surface area (Å²) in [6.45, 7) is 7.41. The quantitative estimate of drug-likeness (QED) is 0.754. The first kappa shape index (κ1) is 15.7. The SMILES string of the molecule is CC(O)CN1CCC(CN(C)C(=O)C2CCNC2)CC1. The van der Waals surface area contributed by atoms with Crippen molar-refractivity contribution in [1.29, 1.82) is 0 Å². The lowest BCUT2D eigenvalue weighted by molar-refractivity contribution is -0.134. The summed E-state index contributed by atoms with van der Waals surface area (Å²) in [6.07, 6.45) is 3.00. The maximum atomic E-state index is 12.3. The Labute approximate surface area is 122 Å². The molecular formula is C15H29N3O2. The second-order valence-corrected chi connectivity index (χ2v) is 6.50. The predicted octanol–water partition coefficient (Wildman–Crippen LogP) is 0.147. The highest BCUT2D eigenvalue weighted by molar-refractivity contribution is 5.79. The van der Waals surface area contributed by atoms with Gasteiger partial charge in [0.15, 0.2) is 0 Å². The molecule has 0 aromatic heterocycles. The van der Waals surface area contributed by atoms with Gasteiger partial charge in [0.05, 0.1) is 12.0 Å². The van der Waals surface area contributed by atoms with Crippen molar-refractivity contribution in [1.82, 2.24) is 15.1 Å². The minimum atomic E-state index is -0.245. The number of likely N-dealkylation sites (tertiary alicyclic amines) is 1. The Kier molecular flexibility index (Phi) is 5.81. The number of carbonyl (C=O) groups excluding carboxylic acids is 1. The van der Waals surface area contributed by atoms with Crippen LogP contribution in [0.25, 0.3) is 0 Å². The van der Waals surface area contributed by atoms with Gasteiger partial charge in [-0.1, -0.05) is 0 Å². The van der Waals surface area contributed by atoms with E-state index in [1.54, 1.807) is 0 Å². The zero-order valence-electron chi connectivity index (χ0n) is 12.8. The van der Waals surface area contributed by atoms with Crippen molar-refractivity contribution in [2.75, 3.05) is 46.3 Å². The van der Waals surface area contributed by atoms with Crippen LogP contribution in [-0.4, -0.2) is 73.2 Å². The molecule has 20 heavy (non-hydrogen) atoms. The van der Waals surface area contributed by atoms with Crippen LogP contribution < -0.4 is 5.32 Å². The topological polar surface area (TPSA) is 55.8 Å². The molecule has 0 aromatic rings. The highest BCUT2D eigenvalue weighted by atomic mass is 16.3. The third-order valence-corrected chi connectivity index (χ3v) is 4.55. The minimum absolute atomic E-state index is 0.190. The zero-order chi connectivity index (χ0) is 14.5. The summed E-state index contributed by atoms with van der Waals surface area (Å²) in [5.74, 6) is 1.11. The first-order valence-corrected chi connectivity index (χ1v) is 7.92. The van der Waals surface area contributed by atoms with Crippen LogP contribution >= 0.6 is 0 Å². The van der Waals surface area contributed by atoms with Crippen molar-refractivity contribution in [3.05, 3.63) is 0 Å². The Morgan fingerprint density at radius 3 is 2.65 bits per heavy atom. The summed E-state index contributed by atoms with van der Waals surface area (Å²) < 4.78 is 0. The molecule has 116 valence electrons. The Bertz CT molecular complexity index is 308. The molecule has 2 unspecified atom stereocenters. The van der Waals surface area contributed by atoms with E-state index in [-0.39, 0.29) is 12.0 Å². The molecule has 0 aliphatic carbocycles. The Balaban J connectivity index is 1.70. The highest BCUT2D eigenvalue weighted by Crippen LogP contribution is 2.20. The number of piperidine rings is 1. The molecule has 2 saturated heterocycles. The summed E-state index contributed by atoms with van der Waals surface area (Å²) in [5, 5.41) is 12.7. The van der Waals surface area contributed by atoms with E-state index >= 15 is 0 Å². The maximum absolute atomic E-state index is 12.3. The van der Waals surface area contributed by atoms with E-state index in [2.05, 4.69) is 10.2 Å². The van der Waals surface area contributed by atoms with Gasteiger partial charge >= 0.3 is 0 Å². The lowest BCUT2D eigenvalue weighted by Gasteiger charge is -2.34. The molecule has 0 bridgehead atoms. The number of aliphatic hydroxyl groups is 1. The van der Waals surface area contributed by atoms with Crippen molar-refractivity contribution in [2.24, 2.45) is 11.8 Å². The van der Waals surface area contributed by atoms with Crippen molar-refractivity contribution in [3.63, 3.8) is 0 Å². The first-order chi connectivity index (χ1) is 9.56. The van der Waals surface area contributed by atoms with Gasteiger partial charge in [-0.3, -0.25) is 4.79 Å². The molecular weight excluding hydrogens is 254 g/mol. The molecule has 0 radical (unpaired) electrons. The largest absolute Gasteiger partial charge is 0.392 e. The number of hydrogen-bond acceptors (Lipinski definition) is 4. The summed E-state index contributed by atoms with van der Waals surface area (Å²) in [5.41, 5.74) is 0. The van der Waals surface area contributed by atoms with Gasteiger partial charge in [-0.15, -0.1) is 0 Å². The number of rotatable bonds is 5. The number of carbonyl (C=O) groups is 1. The highest BCUT2D eigenvalue weighted by Gasteiger charge is 2.27. The third-order valence-electron chi connectivity index (χ3n) is 4.55. The fourth-order valence-electron chi connectivity index (χ4n) is 3.38. The van der Waals surface area contributed by atoms with Crippen molar-refractivity contribution in [3.8, 4) is 0 Å². The fraction of sp³-hybridized carbons (Fsp3) is 0.933. The van der Waals surface area contributed by atoms with Crippen LogP contribution in [0.15, 0.2) is 0 Å². The molecule has 5 nitrogen and oxygen atoms in total. The average Bonchev–Trinajstić information content (AvgIpc) is 2.93. The number of hydrogen-bond donors (Lipinski definition) is 2. The molecule has 2 heterocycles. The van der Waals surface area contributed by atoms with Gasteiger partial charge < -0.3 is 20.2 Å². The molecule has 0 saturated carbocycles. The van der Waals surface area contributed by atoms with Crippen molar-refractivity contribution >= 4 is 5.91 Å². The number of nitrogens with one attached hydrogen (secondary N) is 1. The molecule has 2 atom stereocenters. The standard InChI is InChI=1S/C15H29N3O2/c1-12(19)10-18-7-4-13(5-8-18)11-17(2)15(20)14-3-6-16-9-14/h12-14,16,19H,3-11H2,1-2H3. The van der Waals surface area contributed by atoms with Crippen LogP contribution in [0.4, 0.5) is 0 Å². The molecule has 5 heteroatoms. The number of aliphatic hydroxyl groups excluding tert-OH is 1. The fourth-order valence-corrected chi connectivity index (χ4v) is 3.38. The van der Waals surface area contributed by atoms with Gasteiger partial charge in [-0.25, -0.2) is 0 Å². The van der Waals surface area contributed by atoms with Gasteiger partial charge in [-0.2, -0.15) is 0 Å². The summed E-state index contributed by atoms with van der Waals surface area (Å²) in [4.78, 5) is 16.5.